The van der Waals surface area contributed by atoms with Crippen LogP contribution in [0.5, 0.6) is 17.2 Å². The Bertz CT molecular complexity index is 1460. The molecule has 0 spiro atoms. The van der Waals surface area contributed by atoms with E-state index in [2.05, 4.69) is 25.7 Å². The Morgan fingerprint density at radius 2 is 1.66 bits per heavy atom. The molecule has 3 aromatic rings. The number of hydrogen-bond acceptors (Lipinski definition) is 7. The molecule has 0 aromatic heterocycles. The molecule has 0 radical (unpaired) electrons. The summed E-state index contributed by atoms with van der Waals surface area (Å²) in [6.45, 7) is 11.8. The minimum atomic E-state index is -0.791. The second-order valence-electron chi connectivity index (χ2n) is 10.9. The van der Waals surface area contributed by atoms with Crippen molar-refractivity contribution in [2.45, 2.75) is 53.2 Å². The van der Waals surface area contributed by atoms with E-state index in [0.29, 0.717) is 54.7 Å². The number of methoxy groups -OCH3 is 1. The van der Waals surface area contributed by atoms with Gasteiger partial charge in [0.1, 0.15) is 18.1 Å². The first-order chi connectivity index (χ1) is 21.3. The first-order valence-electron chi connectivity index (χ1n) is 15.4. The zero-order valence-corrected chi connectivity index (χ0v) is 26.5. The lowest BCUT2D eigenvalue weighted by molar-refractivity contribution is -0.140. The highest BCUT2D eigenvalue weighted by molar-refractivity contribution is 6.46. The monoisotopic (exact) mass is 600 g/mol. The molecule has 44 heavy (non-hydrogen) atoms. The van der Waals surface area contributed by atoms with Gasteiger partial charge in [0.25, 0.3) is 11.7 Å². The maximum atomic E-state index is 13.5. The average molecular weight is 601 g/mol. The molecule has 234 valence electrons. The summed E-state index contributed by atoms with van der Waals surface area (Å²) in [7, 11) is 1.56. The van der Waals surface area contributed by atoms with Gasteiger partial charge in [0.2, 0.25) is 0 Å². The molecular formula is C36H44N2O6. The number of ether oxygens (including phenoxy) is 3. The van der Waals surface area contributed by atoms with Gasteiger partial charge < -0.3 is 29.1 Å². The molecule has 8 heteroatoms. The van der Waals surface area contributed by atoms with Crippen molar-refractivity contribution in [2.75, 3.05) is 39.9 Å². The van der Waals surface area contributed by atoms with E-state index in [4.69, 9.17) is 14.2 Å². The lowest BCUT2D eigenvalue weighted by atomic mass is 9.95. The molecule has 0 bridgehead atoms. The van der Waals surface area contributed by atoms with Crippen molar-refractivity contribution in [3.8, 4) is 17.2 Å². The van der Waals surface area contributed by atoms with Gasteiger partial charge in [-0.2, -0.15) is 0 Å². The largest absolute Gasteiger partial charge is 0.507 e. The van der Waals surface area contributed by atoms with Crippen LogP contribution in [0.15, 0.2) is 72.3 Å². The van der Waals surface area contributed by atoms with Gasteiger partial charge in [-0.1, -0.05) is 57.5 Å². The summed E-state index contributed by atoms with van der Waals surface area (Å²) >= 11 is 0. The number of hydrogen-bond donors (Lipinski definition) is 1. The summed E-state index contributed by atoms with van der Waals surface area (Å²) in [5.74, 6) is 0.142. The standard InChI is InChI=1S/C36H44N2O6/c1-6-9-22-43-30-19-16-27(23-31(30)42-5)33-32(35(40)36(41)38(33)21-20-37(7-2)8-3)34(39)26-14-17-29(18-15-26)44-24-28-13-11-10-12-25(28)4/h10-19,23,33,39H,6-9,20-22,24H2,1-5H3. The Balaban J connectivity index is 1.68. The van der Waals surface area contributed by atoms with Crippen molar-refractivity contribution in [3.63, 3.8) is 0 Å². The van der Waals surface area contributed by atoms with Crippen LogP contribution in [0.1, 0.15) is 61.9 Å². The van der Waals surface area contributed by atoms with Gasteiger partial charge >= 0.3 is 0 Å². The maximum Gasteiger partial charge on any atom is 0.295 e. The van der Waals surface area contributed by atoms with Crippen LogP contribution in [0.4, 0.5) is 0 Å². The van der Waals surface area contributed by atoms with Crippen LogP contribution >= 0.6 is 0 Å². The molecule has 1 fully saturated rings. The molecule has 0 aliphatic carbocycles. The normalized spacial score (nSPS) is 16.0. The van der Waals surface area contributed by atoms with Crippen molar-refractivity contribution in [1.82, 2.24) is 9.80 Å². The number of aliphatic hydroxyl groups is 1. The van der Waals surface area contributed by atoms with Crippen molar-refractivity contribution in [3.05, 3.63) is 94.6 Å². The van der Waals surface area contributed by atoms with Crippen molar-refractivity contribution in [2.24, 2.45) is 0 Å². The molecule has 1 aliphatic rings. The SMILES string of the molecule is CCCCOc1ccc(C2C(=C(O)c3ccc(OCc4ccccc4C)cc3)C(=O)C(=O)N2CCN(CC)CC)cc1OC. The third-order valence-corrected chi connectivity index (χ3v) is 8.13. The topological polar surface area (TPSA) is 88.5 Å². The van der Waals surface area contributed by atoms with Crippen LogP contribution in [0.3, 0.4) is 0 Å². The number of unbranched alkanes of at least 4 members (excludes halogenated alkanes) is 1. The summed E-state index contributed by atoms with van der Waals surface area (Å²) in [6, 6.07) is 19.6. The van der Waals surface area contributed by atoms with Crippen LogP contribution < -0.4 is 14.2 Å². The van der Waals surface area contributed by atoms with E-state index < -0.39 is 17.7 Å². The van der Waals surface area contributed by atoms with Gasteiger partial charge in [-0.05, 0) is 79.5 Å². The third kappa shape index (κ3) is 7.42. The number of amides is 1. The first kappa shape index (κ1) is 32.6. The number of rotatable bonds is 15. The predicted octanol–water partition coefficient (Wildman–Crippen LogP) is 6.53. The number of benzene rings is 3. The van der Waals surface area contributed by atoms with Crippen molar-refractivity contribution >= 4 is 17.4 Å². The van der Waals surface area contributed by atoms with Crippen LogP contribution in [-0.2, 0) is 16.2 Å². The minimum absolute atomic E-state index is 0.0461. The summed E-state index contributed by atoms with van der Waals surface area (Å²) in [4.78, 5) is 30.8. The fraction of sp³-hybridized carbons (Fsp3) is 0.389. The molecular weight excluding hydrogens is 556 g/mol. The number of aryl methyl sites for hydroxylation is 1. The first-order valence-corrected chi connectivity index (χ1v) is 15.4. The molecule has 1 amide bonds. The highest BCUT2D eigenvalue weighted by Gasteiger charge is 2.46. The van der Waals surface area contributed by atoms with E-state index in [-0.39, 0.29) is 11.3 Å². The number of aliphatic hydroxyl groups excluding tert-OH is 1. The van der Waals surface area contributed by atoms with Crippen LogP contribution in [0.2, 0.25) is 0 Å². The van der Waals surface area contributed by atoms with Gasteiger partial charge in [-0.15, -0.1) is 0 Å². The Morgan fingerprint density at radius 1 is 0.932 bits per heavy atom. The number of likely N-dealkylation sites (N-methyl/N-ethyl adjacent to an activating group) is 1. The van der Waals surface area contributed by atoms with Crippen LogP contribution in [-0.4, -0.2) is 66.5 Å². The minimum Gasteiger partial charge on any atom is -0.507 e. The number of nitrogens with zero attached hydrogens (tertiary/aromatic N) is 2. The highest BCUT2D eigenvalue weighted by atomic mass is 16.5. The molecule has 1 saturated heterocycles. The van der Waals surface area contributed by atoms with Crippen LogP contribution in [0, 0.1) is 6.92 Å². The summed E-state index contributed by atoms with van der Waals surface area (Å²) < 4.78 is 17.5. The van der Waals surface area contributed by atoms with Gasteiger partial charge in [-0.25, -0.2) is 0 Å². The number of carbonyl (C=O) groups is 2. The summed E-state index contributed by atoms with van der Waals surface area (Å²) in [6.07, 6.45) is 1.91. The maximum absolute atomic E-state index is 13.5. The molecule has 0 saturated carbocycles. The molecule has 1 N–H and O–H groups in total. The fourth-order valence-corrected chi connectivity index (χ4v) is 5.34. The van der Waals surface area contributed by atoms with E-state index in [0.717, 1.165) is 37.1 Å². The smallest absolute Gasteiger partial charge is 0.295 e. The van der Waals surface area contributed by atoms with Crippen LogP contribution in [0.25, 0.3) is 5.76 Å². The second kappa shape index (κ2) is 15.4. The fourth-order valence-electron chi connectivity index (χ4n) is 5.34. The molecule has 1 heterocycles. The zero-order chi connectivity index (χ0) is 31.6. The number of ketones is 1. The number of likely N-dealkylation sites (tertiary alicyclic amines) is 1. The highest BCUT2D eigenvalue weighted by Crippen LogP contribution is 2.42. The molecule has 3 aromatic carbocycles. The Hall–Kier alpha value is -4.30. The van der Waals surface area contributed by atoms with E-state index in [9.17, 15) is 14.7 Å². The quantitative estimate of drug-likeness (QED) is 0.0919. The Morgan fingerprint density at radius 3 is 2.32 bits per heavy atom. The Kier molecular flexibility index (Phi) is 11.4. The van der Waals surface area contributed by atoms with E-state index in [1.165, 1.54) is 0 Å². The summed E-state index contributed by atoms with van der Waals surface area (Å²) in [5.41, 5.74) is 3.35. The van der Waals surface area contributed by atoms with Gasteiger partial charge in [0.05, 0.1) is 25.3 Å². The lowest BCUT2D eigenvalue weighted by Crippen LogP contribution is -2.38. The average Bonchev–Trinajstić information content (AvgIpc) is 3.30. The van der Waals surface area contributed by atoms with Crippen molar-refractivity contribution < 1.29 is 28.9 Å². The number of Topliss-reactive ketones (excluding diaryl/α,β-unsaturated/α-hetero) is 1. The third-order valence-electron chi connectivity index (χ3n) is 8.13. The molecule has 1 atom stereocenters. The van der Waals surface area contributed by atoms with E-state index in [1.807, 2.05) is 37.3 Å². The molecule has 8 nitrogen and oxygen atoms in total. The number of carbonyl (C=O) groups excluding carboxylic acids is 2. The second-order valence-corrected chi connectivity index (χ2v) is 10.9. The Labute approximate surface area is 260 Å². The van der Waals surface area contributed by atoms with Crippen molar-refractivity contribution in [1.29, 1.82) is 0 Å². The summed E-state index contributed by atoms with van der Waals surface area (Å²) in [5, 5.41) is 11.6. The van der Waals surface area contributed by atoms with Gasteiger partial charge in [-0.3, -0.25) is 9.59 Å². The molecule has 4 rings (SSSR count). The zero-order valence-electron chi connectivity index (χ0n) is 26.5. The van der Waals surface area contributed by atoms with E-state index >= 15 is 0 Å². The lowest BCUT2D eigenvalue weighted by Gasteiger charge is -2.28. The van der Waals surface area contributed by atoms with Gasteiger partial charge in [0, 0.05) is 18.7 Å². The van der Waals surface area contributed by atoms with Gasteiger partial charge in [0.15, 0.2) is 11.5 Å². The molecule has 1 aliphatic heterocycles. The van der Waals surface area contributed by atoms with E-state index in [1.54, 1.807) is 48.4 Å². The molecule has 1 unspecified atom stereocenters. The predicted molar refractivity (Wildman–Crippen MR) is 172 cm³/mol.